The Morgan fingerprint density at radius 3 is 2.44 bits per heavy atom. The average molecular weight is 396 g/mol. The molecule has 0 atom stereocenters. The van der Waals surface area contributed by atoms with Gasteiger partial charge in [0.15, 0.2) is 0 Å². The standard InChI is InChI=1S/C19H29N3O4S/c1-4-9-22(13-16-6-7-16)19(24)12-20-18(23)11-21-27(25,26)17-8-5-14(2)15(3)10-17/h5,8,10,16,21H,4,6-7,9,11-13H2,1-3H3,(H,20,23). The molecule has 1 aromatic carbocycles. The third-order valence-corrected chi connectivity index (χ3v) is 6.07. The summed E-state index contributed by atoms with van der Waals surface area (Å²) < 4.78 is 26.9. The summed E-state index contributed by atoms with van der Waals surface area (Å²) in [5.74, 6) is -0.0753. The summed E-state index contributed by atoms with van der Waals surface area (Å²) in [7, 11) is -3.77. The number of hydrogen-bond acceptors (Lipinski definition) is 4. The topological polar surface area (TPSA) is 95.6 Å². The van der Waals surface area contributed by atoms with Crippen molar-refractivity contribution in [2.24, 2.45) is 5.92 Å². The molecule has 0 radical (unpaired) electrons. The van der Waals surface area contributed by atoms with Crippen molar-refractivity contribution in [2.75, 3.05) is 26.2 Å². The van der Waals surface area contributed by atoms with Crippen LogP contribution in [0.5, 0.6) is 0 Å². The number of nitrogens with zero attached hydrogens (tertiary/aromatic N) is 1. The lowest BCUT2D eigenvalue weighted by Crippen LogP contribution is -2.44. The first kappa shape index (κ1) is 21.4. The van der Waals surface area contributed by atoms with Gasteiger partial charge in [0.05, 0.1) is 18.0 Å². The molecule has 27 heavy (non-hydrogen) atoms. The number of hydrogen-bond donors (Lipinski definition) is 2. The molecule has 8 heteroatoms. The van der Waals surface area contributed by atoms with Crippen LogP contribution < -0.4 is 10.0 Å². The Labute approximate surface area is 161 Å². The van der Waals surface area contributed by atoms with Gasteiger partial charge in [-0.05, 0) is 62.3 Å². The summed E-state index contributed by atoms with van der Waals surface area (Å²) in [6.07, 6.45) is 3.17. The molecule has 2 rings (SSSR count). The Morgan fingerprint density at radius 2 is 1.85 bits per heavy atom. The fraction of sp³-hybridized carbons (Fsp3) is 0.579. The number of sulfonamides is 1. The third kappa shape index (κ3) is 6.62. The summed E-state index contributed by atoms with van der Waals surface area (Å²) in [4.78, 5) is 26.1. The molecule has 1 aliphatic rings. The van der Waals surface area contributed by atoms with E-state index in [1.54, 1.807) is 17.0 Å². The first-order valence-corrected chi connectivity index (χ1v) is 10.8. The van der Waals surface area contributed by atoms with Crippen LogP contribution in [-0.4, -0.2) is 51.3 Å². The Hall–Kier alpha value is -1.93. The van der Waals surface area contributed by atoms with Crippen molar-refractivity contribution >= 4 is 21.8 Å². The van der Waals surface area contributed by atoms with Crippen molar-refractivity contribution < 1.29 is 18.0 Å². The minimum absolute atomic E-state index is 0.114. The van der Waals surface area contributed by atoms with Gasteiger partial charge in [-0.2, -0.15) is 0 Å². The number of nitrogens with one attached hydrogen (secondary N) is 2. The molecule has 2 N–H and O–H groups in total. The summed E-state index contributed by atoms with van der Waals surface area (Å²) in [5.41, 5.74) is 1.85. The van der Waals surface area contributed by atoms with Crippen molar-refractivity contribution in [3.05, 3.63) is 29.3 Å². The summed E-state index contributed by atoms with van der Waals surface area (Å²) >= 11 is 0. The molecule has 7 nitrogen and oxygen atoms in total. The molecule has 0 spiro atoms. The Balaban J connectivity index is 1.82. The molecule has 0 unspecified atom stereocenters. The molecule has 0 aromatic heterocycles. The molecule has 0 saturated heterocycles. The monoisotopic (exact) mass is 395 g/mol. The predicted molar refractivity (Wildman–Crippen MR) is 104 cm³/mol. The fourth-order valence-corrected chi connectivity index (χ4v) is 3.74. The first-order chi connectivity index (χ1) is 12.7. The SMILES string of the molecule is CCCN(CC1CC1)C(=O)CNC(=O)CNS(=O)(=O)c1ccc(C)c(C)c1. The lowest BCUT2D eigenvalue weighted by atomic mass is 10.1. The molecule has 1 aromatic rings. The quantitative estimate of drug-likeness (QED) is 0.625. The molecular formula is C19H29N3O4S. The normalized spacial score (nSPS) is 14.0. The number of carbonyl (C=O) groups excluding carboxylic acids is 2. The molecule has 0 heterocycles. The minimum atomic E-state index is -3.77. The van der Waals surface area contributed by atoms with Gasteiger partial charge in [-0.15, -0.1) is 0 Å². The van der Waals surface area contributed by atoms with E-state index < -0.39 is 22.5 Å². The van der Waals surface area contributed by atoms with E-state index in [1.807, 2.05) is 20.8 Å². The van der Waals surface area contributed by atoms with Gasteiger partial charge in [0.1, 0.15) is 0 Å². The minimum Gasteiger partial charge on any atom is -0.346 e. The highest BCUT2D eigenvalue weighted by Crippen LogP contribution is 2.29. The summed E-state index contributed by atoms with van der Waals surface area (Å²) in [5, 5.41) is 2.50. The van der Waals surface area contributed by atoms with Gasteiger partial charge in [-0.25, -0.2) is 13.1 Å². The number of carbonyl (C=O) groups is 2. The van der Waals surface area contributed by atoms with Crippen LogP contribution in [0.4, 0.5) is 0 Å². The van der Waals surface area contributed by atoms with E-state index in [-0.39, 0.29) is 17.3 Å². The molecular weight excluding hydrogens is 366 g/mol. The van der Waals surface area contributed by atoms with Crippen molar-refractivity contribution in [3.8, 4) is 0 Å². The van der Waals surface area contributed by atoms with Gasteiger partial charge < -0.3 is 10.2 Å². The third-order valence-electron chi connectivity index (χ3n) is 4.67. The summed E-state index contributed by atoms with van der Waals surface area (Å²) in [6, 6.07) is 4.80. The van der Waals surface area contributed by atoms with Gasteiger partial charge in [-0.3, -0.25) is 9.59 Å². The van der Waals surface area contributed by atoms with E-state index in [9.17, 15) is 18.0 Å². The van der Waals surface area contributed by atoms with Crippen LogP contribution in [0.15, 0.2) is 23.1 Å². The van der Waals surface area contributed by atoms with Crippen molar-refractivity contribution in [2.45, 2.75) is 44.9 Å². The van der Waals surface area contributed by atoms with Gasteiger partial charge in [0, 0.05) is 13.1 Å². The van der Waals surface area contributed by atoms with Gasteiger partial charge in [-0.1, -0.05) is 13.0 Å². The highest BCUT2D eigenvalue weighted by Gasteiger charge is 2.26. The average Bonchev–Trinajstić information content (AvgIpc) is 3.44. The largest absolute Gasteiger partial charge is 0.346 e. The Bertz CT molecular complexity index is 788. The highest BCUT2D eigenvalue weighted by atomic mass is 32.2. The lowest BCUT2D eigenvalue weighted by Gasteiger charge is -2.22. The second-order valence-corrected chi connectivity index (χ2v) is 8.90. The van der Waals surface area contributed by atoms with Crippen LogP contribution in [0.3, 0.4) is 0 Å². The molecule has 0 aliphatic heterocycles. The molecule has 2 amide bonds. The predicted octanol–water partition coefficient (Wildman–Crippen LogP) is 1.35. The number of benzene rings is 1. The van der Waals surface area contributed by atoms with Gasteiger partial charge >= 0.3 is 0 Å². The van der Waals surface area contributed by atoms with Gasteiger partial charge in [0.25, 0.3) is 0 Å². The van der Waals surface area contributed by atoms with E-state index in [0.717, 1.165) is 36.9 Å². The molecule has 1 aliphatic carbocycles. The van der Waals surface area contributed by atoms with Crippen molar-refractivity contribution in [1.29, 1.82) is 0 Å². The van der Waals surface area contributed by atoms with E-state index in [0.29, 0.717) is 12.5 Å². The maximum absolute atomic E-state index is 12.3. The van der Waals surface area contributed by atoms with Crippen molar-refractivity contribution in [3.63, 3.8) is 0 Å². The molecule has 0 bridgehead atoms. The molecule has 1 fully saturated rings. The smallest absolute Gasteiger partial charge is 0.241 e. The van der Waals surface area contributed by atoms with Crippen LogP contribution in [0.25, 0.3) is 0 Å². The maximum atomic E-state index is 12.3. The van der Waals surface area contributed by atoms with Crippen LogP contribution in [0.2, 0.25) is 0 Å². The van der Waals surface area contributed by atoms with Crippen LogP contribution in [-0.2, 0) is 19.6 Å². The van der Waals surface area contributed by atoms with E-state index in [4.69, 9.17) is 0 Å². The Kier molecular flexibility index (Phi) is 7.38. The highest BCUT2D eigenvalue weighted by molar-refractivity contribution is 7.89. The summed E-state index contributed by atoms with van der Waals surface area (Å²) in [6.45, 7) is 6.63. The van der Waals surface area contributed by atoms with Gasteiger partial charge in [0.2, 0.25) is 21.8 Å². The zero-order chi connectivity index (χ0) is 20.0. The molecule has 1 saturated carbocycles. The van der Waals surface area contributed by atoms with E-state index in [2.05, 4.69) is 10.0 Å². The number of aryl methyl sites for hydroxylation is 2. The van der Waals surface area contributed by atoms with Crippen LogP contribution in [0, 0.1) is 19.8 Å². The Morgan fingerprint density at radius 1 is 1.15 bits per heavy atom. The maximum Gasteiger partial charge on any atom is 0.241 e. The zero-order valence-corrected chi connectivity index (χ0v) is 17.1. The number of amides is 2. The van der Waals surface area contributed by atoms with Crippen LogP contribution >= 0.6 is 0 Å². The second kappa shape index (κ2) is 9.32. The number of rotatable bonds is 10. The fourth-order valence-electron chi connectivity index (χ4n) is 2.67. The first-order valence-electron chi connectivity index (χ1n) is 9.34. The van der Waals surface area contributed by atoms with E-state index >= 15 is 0 Å². The zero-order valence-electron chi connectivity index (χ0n) is 16.2. The van der Waals surface area contributed by atoms with E-state index in [1.165, 1.54) is 6.07 Å². The van der Waals surface area contributed by atoms with Crippen molar-refractivity contribution in [1.82, 2.24) is 14.9 Å². The van der Waals surface area contributed by atoms with Crippen LogP contribution in [0.1, 0.15) is 37.3 Å². The second-order valence-electron chi connectivity index (χ2n) is 7.13. The lowest BCUT2D eigenvalue weighted by molar-refractivity contribution is -0.132. The molecule has 150 valence electrons.